The summed E-state index contributed by atoms with van der Waals surface area (Å²) >= 11 is 5.80. The van der Waals surface area contributed by atoms with E-state index in [2.05, 4.69) is 0 Å². The molecular weight excluding hydrogens is 334 g/mol. The van der Waals surface area contributed by atoms with E-state index in [1.807, 2.05) is 13.0 Å². The third-order valence-corrected chi connectivity index (χ3v) is 5.72. The molecule has 0 unspecified atom stereocenters. The van der Waals surface area contributed by atoms with Gasteiger partial charge in [0, 0.05) is 23.2 Å². The minimum absolute atomic E-state index is 0.0527. The van der Waals surface area contributed by atoms with E-state index in [1.165, 1.54) is 30.5 Å². The van der Waals surface area contributed by atoms with Gasteiger partial charge in [-0.3, -0.25) is 4.79 Å². The van der Waals surface area contributed by atoms with Gasteiger partial charge < -0.3 is 4.57 Å². The summed E-state index contributed by atoms with van der Waals surface area (Å²) in [7, 11) is -3.90. The van der Waals surface area contributed by atoms with E-state index in [-0.39, 0.29) is 9.79 Å². The maximum absolute atomic E-state index is 12.8. The van der Waals surface area contributed by atoms with Gasteiger partial charge in [-0.2, -0.15) is 0 Å². The third-order valence-electron chi connectivity index (χ3n) is 3.71. The molecule has 0 aliphatic carbocycles. The summed E-state index contributed by atoms with van der Waals surface area (Å²) < 4.78 is 27.4. The normalized spacial score (nSPS) is 11.7. The third kappa shape index (κ3) is 2.66. The minimum atomic E-state index is -3.90. The number of para-hydroxylation sites is 1. The first kappa shape index (κ1) is 15.8. The fourth-order valence-corrected chi connectivity index (χ4v) is 4.01. The highest BCUT2D eigenvalue weighted by molar-refractivity contribution is 7.91. The number of nitrogens with zero attached hydrogens (tertiary/aromatic N) is 1. The Morgan fingerprint density at radius 1 is 1.04 bits per heavy atom. The molecule has 4 nitrogen and oxygen atoms in total. The smallest absolute Gasteiger partial charge is 0.211 e. The highest BCUT2D eigenvalue weighted by Crippen LogP contribution is 2.22. The van der Waals surface area contributed by atoms with E-state index in [0.29, 0.717) is 17.0 Å². The Hall–Kier alpha value is -2.11. The Kier molecular flexibility index (Phi) is 4.00. The molecule has 6 heteroatoms. The van der Waals surface area contributed by atoms with Crippen molar-refractivity contribution in [1.29, 1.82) is 0 Å². The van der Waals surface area contributed by atoms with Crippen molar-refractivity contribution in [2.24, 2.45) is 0 Å². The van der Waals surface area contributed by atoms with Crippen LogP contribution in [0, 0.1) is 0 Å². The van der Waals surface area contributed by atoms with Gasteiger partial charge in [0.1, 0.15) is 4.90 Å². The van der Waals surface area contributed by atoms with Crippen LogP contribution in [0.1, 0.15) is 6.92 Å². The molecule has 0 aliphatic rings. The number of benzene rings is 2. The van der Waals surface area contributed by atoms with Crippen molar-refractivity contribution in [3.05, 3.63) is 70.0 Å². The second-order valence-corrected chi connectivity index (χ2v) is 7.44. The topological polar surface area (TPSA) is 56.1 Å². The highest BCUT2D eigenvalue weighted by Gasteiger charge is 2.23. The van der Waals surface area contributed by atoms with E-state index in [9.17, 15) is 13.2 Å². The molecule has 0 bridgehead atoms. The van der Waals surface area contributed by atoms with E-state index in [0.717, 1.165) is 5.52 Å². The van der Waals surface area contributed by atoms with Crippen LogP contribution in [0.25, 0.3) is 10.9 Å². The predicted molar refractivity (Wildman–Crippen MR) is 90.8 cm³/mol. The first-order valence-corrected chi connectivity index (χ1v) is 8.94. The van der Waals surface area contributed by atoms with Crippen LogP contribution >= 0.6 is 11.6 Å². The van der Waals surface area contributed by atoms with Gasteiger partial charge in [-0.25, -0.2) is 8.42 Å². The summed E-state index contributed by atoms with van der Waals surface area (Å²) in [4.78, 5) is 12.5. The molecule has 0 atom stereocenters. The van der Waals surface area contributed by atoms with E-state index in [4.69, 9.17) is 11.6 Å². The van der Waals surface area contributed by atoms with Crippen LogP contribution in [0.4, 0.5) is 0 Å². The molecule has 3 aromatic rings. The Balaban J connectivity index is 2.34. The first-order valence-electron chi connectivity index (χ1n) is 7.08. The number of aromatic nitrogens is 1. The van der Waals surface area contributed by atoms with E-state index < -0.39 is 15.3 Å². The lowest BCUT2D eigenvalue weighted by Gasteiger charge is -2.12. The zero-order chi connectivity index (χ0) is 16.6. The van der Waals surface area contributed by atoms with Crippen molar-refractivity contribution in [3.8, 4) is 0 Å². The molecule has 0 fully saturated rings. The molecule has 0 spiro atoms. The van der Waals surface area contributed by atoms with Crippen LogP contribution in [0.2, 0.25) is 5.02 Å². The maximum atomic E-state index is 12.8. The minimum Gasteiger partial charge on any atom is -0.346 e. The maximum Gasteiger partial charge on any atom is 0.211 e. The average molecular weight is 348 g/mol. The van der Waals surface area contributed by atoms with E-state index in [1.54, 1.807) is 22.8 Å². The number of rotatable bonds is 3. The van der Waals surface area contributed by atoms with Crippen LogP contribution in [0.3, 0.4) is 0 Å². The van der Waals surface area contributed by atoms with Gasteiger partial charge in [-0.05, 0) is 43.3 Å². The Morgan fingerprint density at radius 2 is 1.70 bits per heavy atom. The number of hydrogen-bond acceptors (Lipinski definition) is 3. The van der Waals surface area contributed by atoms with Crippen molar-refractivity contribution in [1.82, 2.24) is 4.57 Å². The molecule has 0 saturated carbocycles. The van der Waals surface area contributed by atoms with Gasteiger partial charge in [0.05, 0.1) is 10.4 Å². The SMILES string of the molecule is CCn1cc(S(=O)(=O)c2ccc(Cl)cc2)c(=O)c2ccccc21. The van der Waals surface area contributed by atoms with Crippen molar-refractivity contribution in [2.45, 2.75) is 23.3 Å². The van der Waals surface area contributed by atoms with Crippen LogP contribution in [-0.2, 0) is 16.4 Å². The number of pyridine rings is 1. The fraction of sp³-hybridized carbons (Fsp3) is 0.118. The van der Waals surface area contributed by atoms with Crippen molar-refractivity contribution >= 4 is 32.3 Å². The highest BCUT2D eigenvalue weighted by atomic mass is 35.5. The molecule has 1 heterocycles. The molecule has 23 heavy (non-hydrogen) atoms. The standard InChI is InChI=1S/C17H14ClNO3S/c1-2-19-11-16(17(20)14-5-3-4-6-15(14)19)23(21,22)13-9-7-12(18)8-10-13/h3-11H,2H2,1H3. The summed E-state index contributed by atoms with van der Waals surface area (Å²) in [6, 6.07) is 12.8. The second-order valence-electron chi connectivity index (χ2n) is 5.08. The molecule has 1 aromatic heterocycles. The lowest BCUT2D eigenvalue weighted by Crippen LogP contribution is -2.19. The lowest BCUT2D eigenvalue weighted by molar-refractivity contribution is 0.593. The number of fused-ring (bicyclic) bond motifs is 1. The molecule has 118 valence electrons. The van der Waals surface area contributed by atoms with Crippen molar-refractivity contribution in [2.75, 3.05) is 0 Å². The largest absolute Gasteiger partial charge is 0.346 e. The summed E-state index contributed by atoms with van der Waals surface area (Å²) in [6.07, 6.45) is 1.41. The van der Waals surface area contributed by atoms with Gasteiger partial charge in [-0.1, -0.05) is 23.7 Å². The lowest BCUT2D eigenvalue weighted by atomic mass is 10.2. The van der Waals surface area contributed by atoms with Gasteiger partial charge in [0.15, 0.2) is 0 Å². The van der Waals surface area contributed by atoms with Gasteiger partial charge in [0.25, 0.3) is 0 Å². The summed E-state index contributed by atoms with van der Waals surface area (Å²) in [6.45, 7) is 2.46. The molecule has 0 aliphatic heterocycles. The van der Waals surface area contributed by atoms with Crippen LogP contribution in [0.15, 0.2) is 69.3 Å². The second kappa shape index (κ2) is 5.83. The van der Waals surface area contributed by atoms with Gasteiger partial charge in [0.2, 0.25) is 15.3 Å². The zero-order valence-electron chi connectivity index (χ0n) is 12.4. The number of hydrogen-bond donors (Lipinski definition) is 0. The summed E-state index contributed by atoms with van der Waals surface area (Å²) in [5.74, 6) is 0. The molecule has 2 aromatic carbocycles. The Morgan fingerprint density at radius 3 is 2.35 bits per heavy atom. The quantitative estimate of drug-likeness (QED) is 0.728. The van der Waals surface area contributed by atoms with Gasteiger partial charge in [-0.15, -0.1) is 0 Å². The Labute approximate surface area is 138 Å². The summed E-state index contributed by atoms with van der Waals surface area (Å²) in [5, 5.41) is 0.831. The monoisotopic (exact) mass is 347 g/mol. The molecular formula is C17H14ClNO3S. The molecule has 0 amide bonds. The zero-order valence-corrected chi connectivity index (χ0v) is 13.9. The molecule has 3 rings (SSSR count). The Bertz CT molecular complexity index is 1040. The first-order chi connectivity index (χ1) is 10.9. The molecule has 0 saturated heterocycles. The van der Waals surface area contributed by atoms with Crippen molar-refractivity contribution in [3.63, 3.8) is 0 Å². The summed E-state index contributed by atoms with van der Waals surface area (Å²) in [5.41, 5.74) is 0.232. The van der Waals surface area contributed by atoms with Gasteiger partial charge >= 0.3 is 0 Å². The fourth-order valence-electron chi connectivity index (χ4n) is 2.51. The number of sulfone groups is 1. The molecule has 0 radical (unpaired) electrons. The average Bonchev–Trinajstić information content (AvgIpc) is 2.55. The number of halogens is 1. The molecule has 0 N–H and O–H groups in total. The van der Waals surface area contributed by atoms with Crippen LogP contribution in [-0.4, -0.2) is 13.0 Å². The van der Waals surface area contributed by atoms with Crippen LogP contribution < -0.4 is 5.43 Å². The van der Waals surface area contributed by atoms with Crippen LogP contribution in [0.5, 0.6) is 0 Å². The van der Waals surface area contributed by atoms with E-state index >= 15 is 0 Å². The van der Waals surface area contributed by atoms with Crippen molar-refractivity contribution < 1.29 is 8.42 Å². The number of aryl methyl sites for hydroxylation is 1. The predicted octanol–water partition coefficient (Wildman–Crippen LogP) is 3.51.